The fourth-order valence-corrected chi connectivity index (χ4v) is 3.08. The minimum Gasteiger partial charge on any atom is -0.496 e. The summed E-state index contributed by atoms with van der Waals surface area (Å²) in [7, 11) is 0. The Bertz CT molecular complexity index is 687. The number of hydrogen-bond donors (Lipinski definition) is 2. The average molecular weight is 333 g/mol. The predicted molar refractivity (Wildman–Crippen MR) is 93.0 cm³/mol. The minimum atomic E-state index is -0.0690. The molecule has 0 bridgehead atoms. The van der Waals surface area contributed by atoms with E-state index < -0.39 is 0 Å². The van der Waals surface area contributed by atoms with Crippen LogP contribution in [0.3, 0.4) is 0 Å². The van der Waals surface area contributed by atoms with Crippen LogP contribution >= 0.6 is 0 Å². The molecule has 132 valence electrons. The Morgan fingerprint density at radius 1 is 1.42 bits per heavy atom. The smallest absolute Gasteiger partial charge is 0.267 e. The van der Waals surface area contributed by atoms with Gasteiger partial charge in [-0.15, -0.1) is 0 Å². The van der Waals surface area contributed by atoms with E-state index in [1.807, 2.05) is 19.9 Å². The number of aromatic amines is 1. The highest BCUT2D eigenvalue weighted by molar-refractivity contribution is 5.92. The molecule has 1 fully saturated rings. The zero-order valence-corrected chi connectivity index (χ0v) is 14.6. The zero-order valence-electron chi connectivity index (χ0n) is 14.6. The van der Waals surface area contributed by atoms with E-state index in [1.165, 1.54) is 0 Å². The molecule has 1 aliphatic heterocycles. The SMILES string of the molecule is CC(C)NC(=O)c1cc2c([nH]1)=CCCC=2OCCN1CCOCC1. The molecule has 1 aliphatic carbocycles. The van der Waals surface area contributed by atoms with Crippen LogP contribution in [0.15, 0.2) is 6.07 Å². The summed E-state index contributed by atoms with van der Waals surface area (Å²) in [6.07, 6.45) is 3.96. The second-order valence-corrected chi connectivity index (χ2v) is 6.61. The largest absolute Gasteiger partial charge is 0.496 e. The first kappa shape index (κ1) is 17.0. The predicted octanol–water partition coefficient (Wildman–Crippen LogP) is 0.184. The Hall–Kier alpha value is -1.79. The number of carbonyl (C=O) groups excluding carboxylic acids is 1. The molecule has 0 atom stereocenters. The van der Waals surface area contributed by atoms with Crippen molar-refractivity contribution in [1.29, 1.82) is 0 Å². The molecule has 1 saturated heterocycles. The van der Waals surface area contributed by atoms with Gasteiger partial charge in [-0.3, -0.25) is 9.69 Å². The normalized spacial score (nSPS) is 18.2. The van der Waals surface area contributed by atoms with Gasteiger partial charge in [0.25, 0.3) is 5.91 Å². The number of hydrogen-bond acceptors (Lipinski definition) is 4. The first-order chi connectivity index (χ1) is 11.6. The van der Waals surface area contributed by atoms with Gasteiger partial charge in [0, 0.05) is 42.7 Å². The van der Waals surface area contributed by atoms with Gasteiger partial charge < -0.3 is 19.8 Å². The number of nitrogens with one attached hydrogen (secondary N) is 2. The van der Waals surface area contributed by atoms with Gasteiger partial charge in [0.15, 0.2) is 0 Å². The molecule has 2 N–H and O–H groups in total. The van der Waals surface area contributed by atoms with Gasteiger partial charge in [-0.2, -0.15) is 0 Å². The van der Waals surface area contributed by atoms with E-state index in [-0.39, 0.29) is 11.9 Å². The lowest BCUT2D eigenvalue weighted by atomic mass is 10.1. The number of morpholine rings is 1. The quantitative estimate of drug-likeness (QED) is 0.780. The third-order valence-corrected chi connectivity index (χ3v) is 4.32. The lowest BCUT2D eigenvalue weighted by molar-refractivity contribution is 0.0301. The summed E-state index contributed by atoms with van der Waals surface area (Å²) in [5.74, 6) is 0.918. The fourth-order valence-electron chi connectivity index (χ4n) is 3.08. The van der Waals surface area contributed by atoms with Crippen molar-refractivity contribution in [2.45, 2.75) is 32.7 Å². The van der Waals surface area contributed by atoms with E-state index in [2.05, 4.69) is 21.3 Å². The zero-order chi connectivity index (χ0) is 16.9. The van der Waals surface area contributed by atoms with Gasteiger partial charge >= 0.3 is 0 Å². The van der Waals surface area contributed by atoms with Crippen LogP contribution in [0.2, 0.25) is 0 Å². The van der Waals surface area contributed by atoms with Gasteiger partial charge in [-0.25, -0.2) is 0 Å². The van der Waals surface area contributed by atoms with E-state index in [9.17, 15) is 4.79 Å². The first-order valence-electron chi connectivity index (χ1n) is 8.79. The molecular formula is C18H27N3O3. The summed E-state index contributed by atoms with van der Waals surface area (Å²) in [6, 6.07) is 2.03. The average Bonchev–Trinajstić information content (AvgIpc) is 3.00. The van der Waals surface area contributed by atoms with Gasteiger partial charge in [0.1, 0.15) is 18.1 Å². The molecule has 6 heteroatoms. The lowest BCUT2D eigenvalue weighted by Crippen LogP contribution is -2.38. The second kappa shape index (κ2) is 7.85. The van der Waals surface area contributed by atoms with Crippen molar-refractivity contribution in [3.8, 4) is 0 Å². The highest BCUT2D eigenvalue weighted by Gasteiger charge is 2.15. The third-order valence-electron chi connectivity index (χ3n) is 4.32. The second-order valence-electron chi connectivity index (χ2n) is 6.61. The highest BCUT2D eigenvalue weighted by atomic mass is 16.5. The molecule has 24 heavy (non-hydrogen) atoms. The molecule has 3 rings (SSSR count). The Morgan fingerprint density at radius 3 is 2.96 bits per heavy atom. The van der Waals surface area contributed by atoms with Gasteiger partial charge in [0.2, 0.25) is 0 Å². The Morgan fingerprint density at radius 2 is 2.21 bits per heavy atom. The van der Waals surface area contributed by atoms with E-state index in [0.717, 1.165) is 62.0 Å². The van der Waals surface area contributed by atoms with E-state index in [1.54, 1.807) is 0 Å². The van der Waals surface area contributed by atoms with Crippen molar-refractivity contribution in [1.82, 2.24) is 15.2 Å². The number of rotatable bonds is 6. The molecule has 2 aliphatic rings. The highest BCUT2D eigenvalue weighted by Crippen LogP contribution is 2.10. The molecule has 1 aromatic rings. The van der Waals surface area contributed by atoms with Crippen LogP contribution in [-0.2, 0) is 9.47 Å². The molecule has 0 spiro atoms. The van der Waals surface area contributed by atoms with Crippen LogP contribution in [-0.4, -0.2) is 61.3 Å². The van der Waals surface area contributed by atoms with E-state index >= 15 is 0 Å². The molecule has 1 amide bonds. The Labute approximate surface area is 142 Å². The Kier molecular flexibility index (Phi) is 5.58. The van der Waals surface area contributed by atoms with Gasteiger partial charge in [0.05, 0.1) is 13.2 Å². The topological polar surface area (TPSA) is 66.6 Å². The minimum absolute atomic E-state index is 0.0690. The summed E-state index contributed by atoms with van der Waals surface area (Å²) >= 11 is 0. The number of fused-ring (bicyclic) bond motifs is 1. The van der Waals surface area contributed by atoms with Crippen LogP contribution < -0.4 is 15.9 Å². The summed E-state index contributed by atoms with van der Waals surface area (Å²) in [6.45, 7) is 9.06. The van der Waals surface area contributed by atoms with Crippen LogP contribution in [0.25, 0.3) is 11.8 Å². The van der Waals surface area contributed by atoms with Crippen LogP contribution in [0, 0.1) is 0 Å². The van der Waals surface area contributed by atoms with Gasteiger partial charge in [-0.05, 0) is 26.3 Å². The molecular weight excluding hydrogens is 306 g/mol. The van der Waals surface area contributed by atoms with Crippen molar-refractivity contribution in [2.75, 3.05) is 39.5 Å². The molecule has 1 aromatic heterocycles. The van der Waals surface area contributed by atoms with Crippen molar-refractivity contribution in [2.24, 2.45) is 0 Å². The van der Waals surface area contributed by atoms with Crippen molar-refractivity contribution < 1.29 is 14.3 Å². The maximum absolute atomic E-state index is 12.2. The number of ether oxygens (including phenoxy) is 2. The number of H-pyrrole nitrogens is 1. The first-order valence-corrected chi connectivity index (χ1v) is 8.79. The summed E-state index contributed by atoms with van der Waals surface area (Å²) in [5, 5.41) is 4.94. The summed E-state index contributed by atoms with van der Waals surface area (Å²) in [4.78, 5) is 17.7. The standard InChI is InChI=1S/C18H27N3O3/c1-13(2)19-18(22)16-12-14-15(20-16)4-3-5-17(14)24-11-8-21-6-9-23-10-7-21/h4,12-13,20H,3,5-11H2,1-2H3,(H,19,22). The molecule has 6 nitrogen and oxygen atoms in total. The summed E-state index contributed by atoms with van der Waals surface area (Å²) < 4.78 is 11.4. The molecule has 0 aromatic carbocycles. The summed E-state index contributed by atoms with van der Waals surface area (Å²) in [5.41, 5.74) is 0.598. The van der Waals surface area contributed by atoms with Crippen LogP contribution in [0.5, 0.6) is 0 Å². The fraction of sp³-hybridized carbons (Fsp3) is 0.611. The van der Waals surface area contributed by atoms with E-state index in [0.29, 0.717) is 12.3 Å². The number of nitrogens with zero attached hydrogens (tertiary/aromatic N) is 1. The van der Waals surface area contributed by atoms with Crippen molar-refractivity contribution >= 4 is 17.7 Å². The molecule has 0 unspecified atom stereocenters. The molecule has 2 heterocycles. The maximum atomic E-state index is 12.2. The number of carbonyl (C=O) groups is 1. The monoisotopic (exact) mass is 333 g/mol. The van der Waals surface area contributed by atoms with Crippen molar-refractivity contribution in [3.05, 3.63) is 22.3 Å². The number of amides is 1. The Balaban J connectivity index is 1.68. The van der Waals surface area contributed by atoms with Crippen LogP contribution in [0.1, 0.15) is 37.2 Å². The molecule has 0 saturated carbocycles. The van der Waals surface area contributed by atoms with Crippen LogP contribution in [0.4, 0.5) is 0 Å². The van der Waals surface area contributed by atoms with Crippen molar-refractivity contribution in [3.63, 3.8) is 0 Å². The van der Waals surface area contributed by atoms with Gasteiger partial charge in [-0.1, -0.05) is 6.08 Å². The lowest BCUT2D eigenvalue weighted by Gasteiger charge is -2.26. The molecule has 0 radical (unpaired) electrons. The third kappa shape index (κ3) is 4.19. The van der Waals surface area contributed by atoms with E-state index in [4.69, 9.17) is 9.47 Å². The maximum Gasteiger partial charge on any atom is 0.267 e. The number of aromatic nitrogens is 1.